The first-order valence-electron chi connectivity index (χ1n) is 8.26. The van der Waals surface area contributed by atoms with Gasteiger partial charge in [0.25, 0.3) is 0 Å². The van der Waals surface area contributed by atoms with Crippen LogP contribution >= 0.6 is 35.4 Å². The summed E-state index contributed by atoms with van der Waals surface area (Å²) >= 11 is 17.8. The van der Waals surface area contributed by atoms with Gasteiger partial charge in [-0.2, -0.15) is 5.10 Å². The molecule has 0 unspecified atom stereocenters. The standard InChI is InChI=1S/C20H18Cl2N4S/c1-13-11-15(12-23-25-20(27)24-16-7-4-3-5-8-16)14(2)26(13)18-10-6-9-17(21)19(18)22/h3-12H,1-2H3,(H2,24,25,27)/b23-12-. The quantitative estimate of drug-likeness (QED) is 0.324. The predicted octanol–water partition coefficient (Wildman–Crippen LogP) is 5.72. The molecule has 3 aromatic rings. The summed E-state index contributed by atoms with van der Waals surface area (Å²) in [5.41, 5.74) is 7.56. The summed E-state index contributed by atoms with van der Waals surface area (Å²) in [7, 11) is 0. The summed E-state index contributed by atoms with van der Waals surface area (Å²) in [5.74, 6) is 0. The van der Waals surface area contributed by atoms with Crippen LogP contribution in [0.1, 0.15) is 17.0 Å². The zero-order valence-electron chi connectivity index (χ0n) is 14.8. The van der Waals surface area contributed by atoms with Gasteiger partial charge in [0, 0.05) is 22.6 Å². The lowest BCUT2D eigenvalue weighted by molar-refractivity contribution is 0.964. The summed E-state index contributed by atoms with van der Waals surface area (Å²) in [5, 5.41) is 8.77. The number of hydrogen-bond acceptors (Lipinski definition) is 2. The smallest absolute Gasteiger partial charge is 0.191 e. The molecule has 0 aliphatic carbocycles. The first-order valence-corrected chi connectivity index (χ1v) is 9.42. The summed E-state index contributed by atoms with van der Waals surface area (Å²) < 4.78 is 2.05. The van der Waals surface area contributed by atoms with Crippen molar-refractivity contribution in [1.82, 2.24) is 9.99 Å². The Balaban J connectivity index is 1.76. The summed E-state index contributed by atoms with van der Waals surface area (Å²) in [6.45, 7) is 4.02. The number of thiocarbonyl (C=S) groups is 1. The zero-order chi connectivity index (χ0) is 19.4. The molecule has 1 heterocycles. The molecule has 0 atom stereocenters. The molecule has 0 saturated carbocycles. The van der Waals surface area contributed by atoms with Crippen molar-refractivity contribution < 1.29 is 0 Å². The molecule has 0 amide bonds. The van der Waals surface area contributed by atoms with Gasteiger partial charge in [0.2, 0.25) is 0 Å². The van der Waals surface area contributed by atoms with Gasteiger partial charge in [-0.3, -0.25) is 5.43 Å². The molecule has 27 heavy (non-hydrogen) atoms. The number of benzene rings is 2. The van der Waals surface area contributed by atoms with Crippen molar-refractivity contribution >= 4 is 52.4 Å². The molecule has 7 heteroatoms. The maximum absolute atomic E-state index is 6.38. The third-order valence-electron chi connectivity index (χ3n) is 4.04. The lowest BCUT2D eigenvalue weighted by Crippen LogP contribution is -2.23. The summed E-state index contributed by atoms with van der Waals surface area (Å²) in [4.78, 5) is 0. The molecular formula is C20H18Cl2N4S. The zero-order valence-corrected chi connectivity index (χ0v) is 17.2. The van der Waals surface area contributed by atoms with E-state index in [-0.39, 0.29) is 0 Å². The third kappa shape index (κ3) is 4.50. The Hall–Kier alpha value is -2.34. The van der Waals surface area contributed by atoms with E-state index in [9.17, 15) is 0 Å². The molecule has 0 fully saturated rings. The molecule has 0 radical (unpaired) electrons. The number of rotatable bonds is 4. The molecule has 0 aliphatic heterocycles. The highest BCUT2D eigenvalue weighted by atomic mass is 35.5. The van der Waals surface area contributed by atoms with Crippen molar-refractivity contribution in [2.24, 2.45) is 5.10 Å². The van der Waals surface area contributed by atoms with Gasteiger partial charge < -0.3 is 9.88 Å². The molecule has 0 spiro atoms. The van der Waals surface area contributed by atoms with E-state index >= 15 is 0 Å². The fourth-order valence-corrected chi connectivity index (χ4v) is 3.35. The predicted molar refractivity (Wildman–Crippen MR) is 119 cm³/mol. The second kappa shape index (κ2) is 8.57. The van der Waals surface area contributed by atoms with Crippen molar-refractivity contribution in [1.29, 1.82) is 0 Å². The molecule has 0 saturated heterocycles. The maximum Gasteiger partial charge on any atom is 0.191 e. The molecule has 138 valence electrons. The van der Waals surface area contributed by atoms with E-state index in [2.05, 4.69) is 20.4 Å². The number of hydrazone groups is 1. The van der Waals surface area contributed by atoms with Gasteiger partial charge in [-0.25, -0.2) is 0 Å². The second-order valence-electron chi connectivity index (χ2n) is 5.92. The second-order valence-corrected chi connectivity index (χ2v) is 7.12. The Bertz CT molecular complexity index is 997. The van der Waals surface area contributed by atoms with Gasteiger partial charge in [0.1, 0.15) is 0 Å². The van der Waals surface area contributed by atoms with Gasteiger partial charge >= 0.3 is 0 Å². The highest BCUT2D eigenvalue weighted by Crippen LogP contribution is 2.31. The Morgan fingerprint density at radius 1 is 1.07 bits per heavy atom. The number of anilines is 1. The maximum atomic E-state index is 6.38. The Labute approximate surface area is 173 Å². The molecule has 1 aromatic heterocycles. The van der Waals surface area contributed by atoms with Gasteiger partial charge in [0.05, 0.1) is 21.9 Å². The largest absolute Gasteiger partial charge is 0.331 e. The van der Waals surface area contributed by atoms with E-state index in [0.717, 1.165) is 28.3 Å². The highest BCUT2D eigenvalue weighted by Gasteiger charge is 2.13. The highest BCUT2D eigenvalue weighted by molar-refractivity contribution is 7.80. The number of para-hydroxylation sites is 1. The fourth-order valence-electron chi connectivity index (χ4n) is 2.80. The van der Waals surface area contributed by atoms with E-state index in [4.69, 9.17) is 35.4 Å². The number of nitrogens with one attached hydrogen (secondary N) is 2. The van der Waals surface area contributed by atoms with Crippen molar-refractivity contribution in [2.45, 2.75) is 13.8 Å². The molecular weight excluding hydrogens is 399 g/mol. The average Bonchev–Trinajstić information content (AvgIpc) is 2.92. The van der Waals surface area contributed by atoms with Crippen molar-refractivity contribution in [3.8, 4) is 5.69 Å². The summed E-state index contributed by atoms with van der Waals surface area (Å²) in [6, 6.07) is 17.3. The molecule has 0 aliphatic rings. The van der Waals surface area contributed by atoms with Crippen LogP contribution in [0.3, 0.4) is 0 Å². The number of halogens is 2. The van der Waals surface area contributed by atoms with Gasteiger partial charge in [-0.15, -0.1) is 0 Å². The first-order chi connectivity index (χ1) is 13.0. The van der Waals surface area contributed by atoms with Crippen LogP contribution in [0.5, 0.6) is 0 Å². The van der Waals surface area contributed by atoms with Crippen LogP contribution in [0.2, 0.25) is 10.0 Å². The normalized spacial score (nSPS) is 11.0. The van der Waals surface area contributed by atoms with E-state index in [0.29, 0.717) is 15.2 Å². The van der Waals surface area contributed by atoms with Crippen molar-refractivity contribution in [2.75, 3.05) is 5.32 Å². The fraction of sp³-hybridized carbons (Fsp3) is 0.100. The summed E-state index contributed by atoms with van der Waals surface area (Å²) in [6.07, 6.45) is 1.73. The monoisotopic (exact) mass is 416 g/mol. The third-order valence-corrected chi connectivity index (χ3v) is 5.05. The van der Waals surface area contributed by atoms with E-state index in [1.807, 2.05) is 62.4 Å². The molecule has 2 N–H and O–H groups in total. The van der Waals surface area contributed by atoms with Gasteiger partial charge in [-0.1, -0.05) is 47.5 Å². The van der Waals surface area contributed by atoms with E-state index in [1.54, 1.807) is 12.3 Å². The van der Waals surface area contributed by atoms with Crippen LogP contribution in [0.15, 0.2) is 59.7 Å². The lowest BCUT2D eigenvalue weighted by atomic mass is 10.2. The number of aryl methyl sites for hydroxylation is 1. The minimum Gasteiger partial charge on any atom is -0.331 e. The van der Waals surface area contributed by atoms with Crippen LogP contribution in [0, 0.1) is 13.8 Å². The molecule has 4 nitrogen and oxygen atoms in total. The van der Waals surface area contributed by atoms with Crippen LogP contribution < -0.4 is 10.7 Å². The molecule has 2 aromatic carbocycles. The van der Waals surface area contributed by atoms with Crippen molar-refractivity contribution in [3.05, 3.63) is 81.6 Å². The van der Waals surface area contributed by atoms with Crippen molar-refractivity contribution in [3.63, 3.8) is 0 Å². The van der Waals surface area contributed by atoms with Gasteiger partial charge in [0.15, 0.2) is 5.11 Å². The van der Waals surface area contributed by atoms with Gasteiger partial charge in [-0.05, 0) is 56.4 Å². The number of nitrogens with zero attached hydrogens (tertiary/aromatic N) is 2. The topological polar surface area (TPSA) is 41.4 Å². The Morgan fingerprint density at radius 3 is 2.56 bits per heavy atom. The Kier molecular flexibility index (Phi) is 6.16. The number of hydrogen-bond donors (Lipinski definition) is 2. The first kappa shape index (κ1) is 19.4. The van der Waals surface area contributed by atoms with Crippen LogP contribution in [0.25, 0.3) is 5.69 Å². The van der Waals surface area contributed by atoms with Crippen LogP contribution in [-0.2, 0) is 0 Å². The minimum atomic E-state index is 0.421. The number of aromatic nitrogens is 1. The lowest BCUT2D eigenvalue weighted by Gasteiger charge is -2.12. The van der Waals surface area contributed by atoms with E-state index < -0.39 is 0 Å². The SMILES string of the molecule is Cc1cc(/C=N\NC(=S)Nc2ccccc2)c(C)n1-c1cccc(Cl)c1Cl. The molecule has 0 bridgehead atoms. The van der Waals surface area contributed by atoms with E-state index in [1.165, 1.54) is 0 Å². The average molecular weight is 417 g/mol. The Morgan fingerprint density at radius 2 is 1.81 bits per heavy atom. The minimum absolute atomic E-state index is 0.421. The van der Waals surface area contributed by atoms with Crippen LogP contribution in [0.4, 0.5) is 5.69 Å². The van der Waals surface area contributed by atoms with Crippen LogP contribution in [-0.4, -0.2) is 15.9 Å². The molecule has 3 rings (SSSR count).